The Morgan fingerprint density at radius 3 is 2.26 bits per heavy atom. The molecule has 38 heavy (non-hydrogen) atoms. The molecular formula is C28H31BrClN3O4S. The van der Waals surface area contributed by atoms with Crippen molar-refractivity contribution in [3.05, 3.63) is 93.9 Å². The molecule has 2 amide bonds. The molecule has 0 radical (unpaired) electrons. The molecule has 0 fully saturated rings. The summed E-state index contributed by atoms with van der Waals surface area (Å²) in [5.41, 5.74) is 1.03. The second kappa shape index (κ2) is 13.3. The zero-order valence-electron chi connectivity index (χ0n) is 21.5. The number of nitrogens with one attached hydrogen (secondary N) is 1. The van der Waals surface area contributed by atoms with Crippen LogP contribution in [0.2, 0.25) is 5.02 Å². The van der Waals surface area contributed by atoms with Gasteiger partial charge in [-0.25, -0.2) is 8.42 Å². The number of carbonyl (C=O) groups excluding carboxylic acids is 2. The van der Waals surface area contributed by atoms with Gasteiger partial charge in [-0.1, -0.05) is 77.8 Å². The van der Waals surface area contributed by atoms with Gasteiger partial charge in [0.1, 0.15) is 12.6 Å². The van der Waals surface area contributed by atoms with Crippen LogP contribution in [0.25, 0.3) is 0 Å². The average Bonchev–Trinajstić information content (AvgIpc) is 2.88. The number of halogens is 2. The first kappa shape index (κ1) is 29.7. The molecule has 0 aliphatic heterocycles. The molecule has 0 aliphatic rings. The fourth-order valence-corrected chi connectivity index (χ4v) is 5.77. The van der Waals surface area contributed by atoms with E-state index in [1.807, 2.05) is 13.8 Å². The highest BCUT2D eigenvalue weighted by molar-refractivity contribution is 9.10. The van der Waals surface area contributed by atoms with Crippen LogP contribution in [-0.2, 0) is 26.2 Å². The summed E-state index contributed by atoms with van der Waals surface area (Å²) in [7, 11) is -4.10. The average molecular weight is 621 g/mol. The monoisotopic (exact) mass is 619 g/mol. The first-order valence-corrected chi connectivity index (χ1v) is 14.7. The van der Waals surface area contributed by atoms with Crippen molar-refractivity contribution in [2.75, 3.05) is 17.4 Å². The number of anilines is 1. The van der Waals surface area contributed by atoms with Crippen LogP contribution < -0.4 is 9.62 Å². The van der Waals surface area contributed by atoms with E-state index in [1.54, 1.807) is 73.7 Å². The van der Waals surface area contributed by atoms with E-state index < -0.39 is 28.5 Å². The number of nitrogens with zero attached hydrogens (tertiary/aromatic N) is 2. The lowest BCUT2D eigenvalue weighted by Crippen LogP contribution is -2.51. The van der Waals surface area contributed by atoms with Crippen LogP contribution in [-0.4, -0.2) is 44.3 Å². The number of hydrogen-bond donors (Lipinski definition) is 1. The van der Waals surface area contributed by atoms with Gasteiger partial charge in [-0.2, -0.15) is 0 Å². The molecule has 0 aliphatic carbocycles. The minimum atomic E-state index is -4.10. The Labute approximate surface area is 238 Å². The summed E-state index contributed by atoms with van der Waals surface area (Å²) in [6.45, 7) is 5.61. The van der Waals surface area contributed by atoms with Gasteiger partial charge >= 0.3 is 0 Å². The predicted molar refractivity (Wildman–Crippen MR) is 154 cm³/mol. The predicted octanol–water partition coefficient (Wildman–Crippen LogP) is 5.49. The van der Waals surface area contributed by atoms with Crippen LogP contribution >= 0.6 is 27.5 Å². The van der Waals surface area contributed by atoms with Crippen molar-refractivity contribution in [2.45, 2.75) is 38.3 Å². The zero-order chi connectivity index (χ0) is 27.9. The van der Waals surface area contributed by atoms with Crippen LogP contribution in [0.15, 0.2) is 88.2 Å². The van der Waals surface area contributed by atoms with E-state index in [4.69, 9.17) is 11.6 Å². The van der Waals surface area contributed by atoms with Crippen molar-refractivity contribution in [3.8, 4) is 0 Å². The van der Waals surface area contributed by atoms with E-state index in [0.717, 1.165) is 4.31 Å². The molecule has 202 valence electrons. The first-order valence-electron chi connectivity index (χ1n) is 12.1. The molecule has 3 aromatic carbocycles. The third-order valence-electron chi connectivity index (χ3n) is 5.80. The molecule has 0 heterocycles. The summed E-state index contributed by atoms with van der Waals surface area (Å²) in [6, 6.07) is 20.8. The largest absolute Gasteiger partial charge is 0.354 e. The molecule has 7 nitrogen and oxygen atoms in total. The second-order valence-electron chi connectivity index (χ2n) is 9.27. The molecule has 0 saturated heterocycles. The van der Waals surface area contributed by atoms with Gasteiger partial charge in [0.15, 0.2) is 0 Å². The molecule has 10 heteroatoms. The topological polar surface area (TPSA) is 86.8 Å². The third kappa shape index (κ3) is 7.82. The standard InChI is InChI=1S/C28H31BrClN3O4S/c1-20(2)17-31-28(35)21(3)32(18-22-9-7-11-24(30)15-22)27(34)19-33(25-12-8-10-23(29)16-25)38(36,37)26-13-5-4-6-14-26/h4-16,20-21H,17-19H2,1-3H3,(H,31,35). The minimum absolute atomic E-state index is 0.0527. The lowest BCUT2D eigenvalue weighted by Gasteiger charge is -2.32. The summed E-state index contributed by atoms with van der Waals surface area (Å²) in [6.07, 6.45) is 0. The number of hydrogen-bond acceptors (Lipinski definition) is 4. The molecule has 3 rings (SSSR count). The number of rotatable bonds is 11. The van der Waals surface area contributed by atoms with Crippen molar-refractivity contribution >= 4 is 55.1 Å². The smallest absolute Gasteiger partial charge is 0.264 e. The number of sulfonamides is 1. The Morgan fingerprint density at radius 2 is 1.63 bits per heavy atom. The van der Waals surface area contributed by atoms with Crippen molar-refractivity contribution < 1.29 is 18.0 Å². The molecule has 0 spiro atoms. The molecule has 1 atom stereocenters. The van der Waals surface area contributed by atoms with Gasteiger partial charge in [-0.3, -0.25) is 13.9 Å². The van der Waals surface area contributed by atoms with Crippen molar-refractivity contribution in [2.24, 2.45) is 5.92 Å². The van der Waals surface area contributed by atoms with Crippen LogP contribution in [0.1, 0.15) is 26.3 Å². The molecule has 0 saturated carbocycles. The van der Waals surface area contributed by atoms with Crippen LogP contribution in [0.4, 0.5) is 5.69 Å². The molecule has 0 aromatic heterocycles. The van der Waals surface area contributed by atoms with E-state index in [1.165, 1.54) is 17.0 Å². The van der Waals surface area contributed by atoms with E-state index in [-0.39, 0.29) is 23.3 Å². The van der Waals surface area contributed by atoms with Gasteiger partial charge in [0.05, 0.1) is 10.6 Å². The Balaban J connectivity index is 2.00. The summed E-state index contributed by atoms with van der Waals surface area (Å²) in [5, 5.41) is 3.36. The van der Waals surface area contributed by atoms with Gasteiger partial charge in [0, 0.05) is 22.6 Å². The fourth-order valence-electron chi connectivity index (χ4n) is 3.75. The Bertz CT molecular complexity index is 1370. The van der Waals surface area contributed by atoms with E-state index in [9.17, 15) is 18.0 Å². The zero-order valence-corrected chi connectivity index (χ0v) is 24.6. The highest BCUT2D eigenvalue weighted by Crippen LogP contribution is 2.27. The summed E-state index contributed by atoms with van der Waals surface area (Å²) in [4.78, 5) is 28.3. The number of benzene rings is 3. The fraction of sp³-hybridized carbons (Fsp3) is 0.286. The van der Waals surface area contributed by atoms with Gasteiger partial charge in [0.25, 0.3) is 10.0 Å². The summed E-state index contributed by atoms with van der Waals surface area (Å²) < 4.78 is 29.2. The maximum Gasteiger partial charge on any atom is 0.264 e. The Morgan fingerprint density at radius 1 is 0.947 bits per heavy atom. The third-order valence-corrected chi connectivity index (χ3v) is 8.32. The second-order valence-corrected chi connectivity index (χ2v) is 12.5. The van der Waals surface area contributed by atoms with Gasteiger partial charge in [0.2, 0.25) is 11.8 Å². The molecule has 0 bridgehead atoms. The number of carbonyl (C=O) groups is 2. The van der Waals surface area contributed by atoms with Crippen LogP contribution in [0.5, 0.6) is 0 Å². The van der Waals surface area contributed by atoms with E-state index >= 15 is 0 Å². The van der Waals surface area contributed by atoms with E-state index in [0.29, 0.717) is 27.3 Å². The van der Waals surface area contributed by atoms with Crippen LogP contribution in [0, 0.1) is 5.92 Å². The van der Waals surface area contributed by atoms with Crippen molar-refractivity contribution in [1.29, 1.82) is 0 Å². The van der Waals surface area contributed by atoms with Gasteiger partial charge in [-0.05, 0) is 60.9 Å². The normalized spacial score (nSPS) is 12.2. The van der Waals surface area contributed by atoms with E-state index in [2.05, 4.69) is 21.2 Å². The molecule has 1 unspecified atom stereocenters. The highest BCUT2D eigenvalue weighted by atomic mass is 79.9. The maximum absolute atomic E-state index is 13.9. The lowest BCUT2D eigenvalue weighted by atomic mass is 10.1. The first-order chi connectivity index (χ1) is 18.0. The number of amides is 2. The maximum atomic E-state index is 13.9. The lowest BCUT2D eigenvalue weighted by molar-refractivity contribution is -0.139. The van der Waals surface area contributed by atoms with Gasteiger partial charge < -0.3 is 10.2 Å². The highest BCUT2D eigenvalue weighted by Gasteiger charge is 2.32. The van der Waals surface area contributed by atoms with Crippen molar-refractivity contribution in [3.63, 3.8) is 0 Å². The quantitative estimate of drug-likeness (QED) is 0.307. The Kier molecular flexibility index (Phi) is 10.4. The summed E-state index contributed by atoms with van der Waals surface area (Å²) >= 11 is 9.56. The molecule has 3 aromatic rings. The van der Waals surface area contributed by atoms with Crippen molar-refractivity contribution in [1.82, 2.24) is 10.2 Å². The minimum Gasteiger partial charge on any atom is -0.354 e. The summed E-state index contributed by atoms with van der Waals surface area (Å²) in [5.74, 6) is -0.628. The molecule has 1 N–H and O–H groups in total. The molecular weight excluding hydrogens is 590 g/mol. The van der Waals surface area contributed by atoms with Crippen LogP contribution in [0.3, 0.4) is 0 Å². The Hall–Kier alpha value is -2.88. The SMILES string of the molecule is CC(C)CNC(=O)C(C)N(Cc1cccc(Cl)c1)C(=O)CN(c1cccc(Br)c1)S(=O)(=O)c1ccccc1. The van der Waals surface area contributed by atoms with Gasteiger partial charge in [-0.15, -0.1) is 0 Å².